The van der Waals surface area contributed by atoms with Crippen molar-refractivity contribution >= 4 is 17.7 Å². The molecule has 1 fully saturated rings. The molecule has 0 radical (unpaired) electrons. The number of methoxy groups -OCH3 is 2. The highest BCUT2D eigenvalue weighted by molar-refractivity contribution is 6.01. The molecule has 22 heavy (non-hydrogen) atoms. The third-order valence-corrected chi connectivity index (χ3v) is 3.41. The zero-order valence-electron chi connectivity index (χ0n) is 12.5. The van der Waals surface area contributed by atoms with Crippen molar-refractivity contribution in [2.24, 2.45) is 0 Å². The van der Waals surface area contributed by atoms with Gasteiger partial charge >= 0.3 is 0 Å². The Hall–Kier alpha value is -2.57. The molecule has 7 heteroatoms. The number of ether oxygens (including phenoxy) is 2. The van der Waals surface area contributed by atoms with E-state index in [-0.39, 0.29) is 24.7 Å². The Morgan fingerprint density at radius 2 is 2.09 bits per heavy atom. The number of nitrogens with one attached hydrogen (secondary N) is 2. The molecule has 0 aromatic heterocycles. The molecular weight excluding hydrogens is 288 g/mol. The molecule has 1 saturated heterocycles. The maximum absolute atomic E-state index is 12.1. The Morgan fingerprint density at radius 3 is 2.73 bits per heavy atom. The van der Waals surface area contributed by atoms with E-state index in [1.54, 1.807) is 18.2 Å². The lowest BCUT2D eigenvalue weighted by Gasteiger charge is -2.22. The van der Waals surface area contributed by atoms with E-state index in [9.17, 15) is 14.4 Å². The van der Waals surface area contributed by atoms with Gasteiger partial charge in [0.1, 0.15) is 17.5 Å². The van der Waals surface area contributed by atoms with Gasteiger partial charge in [-0.2, -0.15) is 0 Å². The number of amides is 3. The first-order chi connectivity index (χ1) is 10.5. The topological polar surface area (TPSA) is 93.7 Å². The van der Waals surface area contributed by atoms with Gasteiger partial charge in [-0.25, -0.2) is 0 Å². The minimum atomic E-state index is -0.679. The summed E-state index contributed by atoms with van der Waals surface area (Å²) in [4.78, 5) is 34.8. The maximum Gasteiger partial charge on any atom is 0.249 e. The largest absolute Gasteiger partial charge is 0.497 e. The number of hydrogen-bond donors (Lipinski definition) is 2. The molecule has 3 amide bonds. The number of carbonyl (C=O) groups is 3. The SMILES string of the molecule is COc1ccc(OC)c(CC(=O)N[C@H]2CCC(=O)NC2=O)c1. The van der Waals surface area contributed by atoms with Crippen LogP contribution in [0.2, 0.25) is 0 Å². The summed E-state index contributed by atoms with van der Waals surface area (Å²) in [7, 11) is 3.05. The van der Waals surface area contributed by atoms with Crippen molar-refractivity contribution in [2.45, 2.75) is 25.3 Å². The molecule has 1 heterocycles. The fourth-order valence-corrected chi connectivity index (χ4v) is 2.27. The zero-order chi connectivity index (χ0) is 16.1. The van der Waals surface area contributed by atoms with E-state index in [4.69, 9.17) is 9.47 Å². The quantitative estimate of drug-likeness (QED) is 0.756. The fourth-order valence-electron chi connectivity index (χ4n) is 2.27. The molecule has 0 aliphatic carbocycles. The van der Waals surface area contributed by atoms with E-state index in [2.05, 4.69) is 10.6 Å². The average molecular weight is 306 g/mol. The molecule has 1 aromatic carbocycles. The second-order valence-electron chi connectivity index (χ2n) is 4.93. The van der Waals surface area contributed by atoms with Crippen LogP contribution < -0.4 is 20.1 Å². The second-order valence-corrected chi connectivity index (χ2v) is 4.93. The Bertz CT molecular complexity index is 600. The van der Waals surface area contributed by atoms with E-state index in [1.165, 1.54) is 14.2 Å². The van der Waals surface area contributed by atoms with E-state index in [0.717, 1.165) is 0 Å². The van der Waals surface area contributed by atoms with Gasteiger partial charge < -0.3 is 14.8 Å². The van der Waals surface area contributed by atoms with E-state index < -0.39 is 11.9 Å². The predicted molar refractivity (Wildman–Crippen MR) is 77.6 cm³/mol. The molecule has 0 bridgehead atoms. The van der Waals surface area contributed by atoms with Crippen molar-refractivity contribution in [2.75, 3.05) is 14.2 Å². The van der Waals surface area contributed by atoms with Gasteiger partial charge in [0.2, 0.25) is 17.7 Å². The summed E-state index contributed by atoms with van der Waals surface area (Å²) in [5.74, 6) is 0.0806. The highest BCUT2D eigenvalue weighted by atomic mass is 16.5. The molecule has 7 nitrogen and oxygen atoms in total. The molecule has 1 aliphatic rings. The molecule has 1 aliphatic heterocycles. The van der Waals surface area contributed by atoms with E-state index in [1.807, 2.05) is 0 Å². The number of imide groups is 1. The highest BCUT2D eigenvalue weighted by Gasteiger charge is 2.27. The number of hydrogen-bond acceptors (Lipinski definition) is 5. The minimum Gasteiger partial charge on any atom is -0.497 e. The third-order valence-electron chi connectivity index (χ3n) is 3.41. The summed E-state index contributed by atoms with van der Waals surface area (Å²) in [6, 6.07) is 4.48. The summed E-state index contributed by atoms with van der Waals surface area (Å²) in [6.45, 7) is 0. The van der Waals surface area contributed by atoms with Crippen molar-refractivity contribution in [3.63, 3.8) is 0 Å². The van der Waals surface area contributed by atoms with Crippen LogP contribution in [0.15, 0.2) is 18.2 Å². The lowest BCUT2D eigenvalue weighted by atomic mass is 10.0. The molecular formula is C15H18N2O5. The van der Waals surface area contributed by atoms with Gasteiger partial charge in [0.15, 0.2) is 0 Å². The van der Waals surface area contributed by atoms with Gasteiger partial charge in [0.05, 0.1) is 20.6 Å². The van der Waals surface area contributed by atoms with Crippen molar-refractivity contribution in [1.82, 2.24) is 10.6 Å². The minimum absolute atomic E-state index is 0.0537. The molecule has 2 N–H and O–H groups in total. The van der Waals surface area contributed by atoms with Crippen molar-refractivity contribution in [3.05, 3.63) is 23.8 Å². The van der Waals surface area contributed by atoms with Gasteiger partial charge in [-0.1, -0.05) is 0 Å². The van der Waals surface area contributed by atoms with Gasteiger partial charge in [0.25, 0.3) is 0 Å². The van der Waals surface area contributed by atoms with E-state index >= 15 is 0 Å². The van der Waals surface area contributed by atoms with Crippen molar-refractivity contribution in [1.29, 1.82) is 0 Å². The maximum atomic E-state index is 12.1. The molecule has 118 valence electrons. The molecule has 0 unspecified atom stereocenters. The Kier molecular flexibility index (Phi) is 4.98. The van der Waals surface area contributed by atoms with Gasteiger partial charge in [0, 0.05) is 12.0 Å². The summed E-state index contributed by atoms with van der Waals surface area (Å²) >= 11 is 0. The summed E-state index contributed by atoms with van der Waals surface area (Å²) < 4.78 is 10.3. The normalized spacial score (nSPS) is 17.6. The predicted octanol–water partition coefficient (Wildman–Crippen LogP) is 0.168. The first kappa shape index (κ1) is 15.8. The average Bonchev–Trinajstić information content (AvgIpc) is 2.50. The molecule has 0 spiro atoms. The van der Waals surface area contributed by atoms with Crippen LogP contribution in [-0.4, -0.2) is 38.0 Å². The number of piperidine rings is 1. The smallest absolute Gasteiger partial charge is 0.249 e. The Labute approximate surface area is 128 Å². The van der Waals surface area contributed by atoms with Crippen LogP contribution in [0.1, 0.15) is 18.4 Å². The van der Waals surface area contributed by atoms with Gasteiger partial charge in [-0.15, -0.1) is 0 Å². The van der Waals surface area contributed by atoms with Crippen LogP contribution in [0.25, 0.3) is 0 Å². The van der Waals surface area contributed by atoms with E-state index in [0.29, 0.717) is 23.5 Å². The van der Waals surface area contributed by atoms with Crippen LogP contribution in [0, 0.1) is 0 Å². The fraction of sp³-hybridized carbons (Fsp3) is 0.400. The Balaban J connectivity index is 2.02. The van der Waals surface area contributed by atoms with Crippen LogP contribution in [-0.2, 0) is 20.8 Å². The summed E-state index contributed by atoms with van der Waals surface area (Å²) in [6.07, 6.45) is 0.586. The van der Waals surface area contributed by atoms with Crippen LogP contribution in [0.4, 0.5) is 0 Å². The molecule has 1 atom stereocenters. The number of benzene rings is 1. The first-order valence-corrected chi connectivity index (χ1v) is 6.87. The molecule has 2 rings (SSSR count). The molecule has 0 saturated carbocycles. The Morgan fingerprint density at radius 1 is 1.32 bits per heavy atom. The van der Waals surface area contributed by atoms with Crippen LogP contribution >= 0.6 is 0 Å². The number of rotatable bonds is 5. The van der Waals surface area contributed by atoms with Crippen LogP contribution in [0.3, 0.4) is 0 Å². The van der Waals surface area contributed by atoms with Crippen molar-refractivity contribution < 1.29 is 23.9 Å². The first-order valence-electron chi connectivity index (χ1n) is 6.87. The lowest BCUT2D eigenvalue weighted by molar-refractivity contribution is -0.137. The zero-order valence-corrected chi connectivity index (χ0v) is 12.5. The highest BCUT2D eigenvalue weighted by Crippen LogP contribution is 2.24. The second kappa shape index (κ2) is 6.93. The van der Waals surface area contributed by atoms with Crippen LogP contribution in [0.5, 0.6) is 11.5 Å². The summed E-state index contributed by atoms with van der Waals surface area (Å²) in [5, 5.41) is 4.83. The van der Waals surface area contributed by atoms with Gasteiger partial charge in [-0.3, -0.25) is 19.7 Å². The monoisotopic (exact) mass is 306 g/mol. The van der Waals surface area contributed by atoms with Gasteiger partial charge in [-0.05, 0) is 24.6 Å². The lowest BCUT2D eigenvalue weighted by Crippen LogP contribution is -2.52. The summed E-state index contributed by atoms with van der Waals surface area (Å²) in [5.41, 5.74) is 0.659. The van der Waals surface area contributed by atoms with Crippen molar-refractivity contribution in [3.8, 4) is 11.5 Å². The third kappa shape index (κ3) is 3.75. The standard InChI is InChI=1S/C15H18N2O5/c1-21-10-3-5-12(22-2)9(7-10)8-14(19)16-11-4-6-13(18)17-15(11)20/h3,5,7,11H,4,6,8H2,1-2H3,(H,16,19)(H,17,18,20)/t11-/m0/s1. The number of carbonyl (C=O) groups excluding carboxylic acids is 3. The molecule has 1 aromatic rings.